The van der Waals surface area contributed by atoms with E-state index in [0.29, 0.717) is 21.7 Å². The summed E-state index contributed by atoms with van der Waals surface area (Å²) in [5.41, 5.74) is 0.113. The summed E-state index contributed by atoms with van der Waals surface area (Å²) in [6, 6.07) is 6.11. The van der Waals surface area contributed by atoms with Crippen molar-refractivity contribution in [1.82, 2.24) is 24.6 Å². The van der Waals surface area contributed by atoms with Crippen LogP contribution in [0.5, 0.6) is 0 Å². The van der Waals surface area contributed by atoms with E-state index in [-0.39, 0.29) is 16.0 Å². The molecule has 0 aromatic carbocycles. The van der Waals surface area contributed by atoms with Gasteiger partial charge in [-0.15, -0.1) is 32.9 Å². The minimum Gasteiger partial charge on any atom is -0.309 e. The lowest BCUT2D eigenvalue weighted by molar-refractivity contribution is -0.137. The third-order valence-corrected chi connectivity index (χ3v) is 7.46. The Hall–Kier alpha value is -2.70. The number of rotatable bonds is 4. The predicted octanol–water partition coefficient (Wildman–Crippen LogP) is 5.63. The zero-order chi connectivity index (χ0) is 21.8. The lowest BCUT2D eigenvalue weighted by Crippen LogP contribution is -2.12. The normalized spacial score (nSPS) is 13.3. The van der Waals surface area contributed by atoms with Gasteiger partial charge < -0.3 is 4.98 Å². The van der Waals surface area contributed by atoms with Crippen molar-refractivity contribution in [3.8, 4) is 10.4 Å². The number of hydrogen-bond donors (Lipinski definition) is 1. The second kappa shape index (κ2) is 7.46. The Morgan fingerprint density at radius 1 is 1.19 bits per heavy atom. The monoisotopic (exact) mass is 479 g/mol. The van der Waals surface area contributed by atoms with E-state index in [0.717, 1.165) is 22.7 Å². The summed E-state index contributed by atoms with van der Waals surface area (Å²) in [6.07, 6.45) is -3.50. The standard InChI is InChI=1S/C19H12F3N5OS3/c1-9(31-18-26-25-13-5-4-10(7-27(13)18)19(20,21)22)15-23-16(28)14-11(8-30-17(14)24-15)12-3-2-6-29-12/h2-9H,1H3,(H,23,24,28). The summed E-state index contributed by atoms with van der Waals surface area (Å²) in [7, 11) is 0. The van der Waals surface area contributed by atoms with Gasteiger partial charge in [-0.25, -0.2) is 4.98 Å². The zero-order valence-electron chi connectivity index (χ0n) is 15.7. The summed E-state index contributed by atoms with van der Waals surface area (Å²) in [5, 5.41) is 12.2. The van der Waals surface area contributed by atoms with E-state index in [2.05, 4.69) is 20.2 Å². The van der Waals surface area contributed by atoms with Gasteiger partial charge in [-0.2, -0.15) is 13.2 Å². The van der Waals surface area contributed by atoms with Gasteiger partial charge in [0, 0.05) is 22.0 Å². The molecule has 12 heteroatoms. The highest BCUT2D eigenvalue weighted by atomic mass is 32.2. The highest BCUT2D eigenvalue weighted by Crippen LogP contribution is 2.37. The highest BCUT2D eigenvalue weighted by Gasteiger charge is 2.31. The number of hydrogen-bond acceptors (Lipinski definition) is 7. The van der Waals surface area contributed by atoms with Crippen LogP contribution >= 0.6 is 34.4 Å². The number of aromatic amines is 1. The zero-order valence-corrected chi connectivity index (χ0v) is 18.1. The Morgan fingerprint density at radius 2 is 2.03 bits per heavy atom. The fourth-order valence-corrected chi connectivity index (χ4v) is 5.76. The van der Waals surface area contributed by atoms with Gasteiger partial charge in [-0.1, -0.05) is 17.8 Å². The molecule has 1 N–H and O–H groups in total. The Bertz CT molecular complexity index is 1450. The van der Waals surface area contributed by atoms with E-state index in [9.17, 15) is 18.0 Å². The van der Waals surface area contributed by atoms with Crippen LogP contribution in [0.4, 0.5) is 13.2 Å². The third-order valence-electron chi connectivity index (χ3n) is 4.61. The lowest BCUT2D eigenvalue weighted by Gasteiger charge is -2.10. The molecule has 1 unspecified atom stereocenters. The fraction of sp³-hybridized carbons (Fsp3) is 0.158. The number of halogens is 3. The molecule has 0 fully saturated rings. The molecule has 0 saturated heterocycles. The second-order valence-corrected chi connectivity index (χ2v) is 9.76. The minimum absolute atomic E-state index is 0.248. The van der Waals surface area contributed by atoms with Crippen molar-refractivity contribution in [2.24, 2.45) is 0 Å². The Labute approximate surface area is 184 Å². The number of nitrogens with one attached hydrogen (secondary N) is 1. The van der Waals surface area contributed by atoms with Gasteiger partial charge in [0.25, 0.3) is 5.56 Å². The number of aromatic nitrogens is 5. The van der Waals surface area contributed by atoms with Crippen LogP contribution in [-0.2, 0) is 6.18 Å². The molecule has 5 aromatic heterocycles. The van der Waals surface area contributed by atoms with Crippen LogP contribution in [0.25, 0.3) is 26.3 Å². The molecule has 5 aromatic rings. The van der Waals surface area contributed by atoms with Crippen molar-refractivity contribution in [2.75, 3.05) is 0 Å². The summed E-state index contributed by atoms with van der Waals surface area (Å²) in [6.45, 7) is 1.80. The SMILES string of the molecule is CC(Sc1nnc2ccc(C(F)(F)F)cn12)c1nc2scc(-c3cccs3)c2c(=O)[nH]1. The first-order valence-corrected chi connectivity index (χ1v) is 11.6. The molecule has 0 radical (unpaired) electrons. The van der Waals surface area contributed by atoms with Crippen molar-refractivity contribution in [1.29, 1.82) is 0 Å². The van der Waals surface area contributed by atoms with Gasteiger partial charge in [0.15, 0.2) is 10.8 Å². The van der Waals surface area contributed by atoms with Crippen LogP contribution in [-0.4, -0.2) is 24.6 Å². The first-order valence-electron chi connectivity index (χ1n) is 8.95. The highest BCUT2D eigenvalue weighted by molar-refractivity contribution is 7.99. The molecule has 6 nitrogen and oxygen atoms in total. The van der Waals surface area contributed by atoms with Crippen LogP contribution in [0.3, 0.4) is 0 Å². The van der Waals surface area contributed by atoms with Crippen LogP contribution in [0, 0.1) is 0 Å². The molecule has 5 heterocycles. The van der Waals surface area contributed by atoms with E-state index in [4.69, 9.17) is 0 Å². The third kappa shape index (κ3) is 3.64. The average molecular weight is 480 g/mol. The molecule has 0 spiro atoms. The number of fused-ring (bicyclic) bond motifs is 2. The number of alkyl halides is 3. The molecule has 31 heavy (non-hydrogen) atoms. The van der Waals surface area contributed by atoms with Crippen LogP contribution in [0.2, 0.25) is 0 Å². The molecule has 0 saturated carbocycles. The van der Waals surface area contributed by atoms with Gasteiger partial charge in [-0.3, -0.25) is 9.20 Å². The van der Waals surface area contributed by atoms with Crippen molar-refractivity contribution >= 4 is 50.3 Å². The maximum Gasteiger partial charge on any atom is 0.417 e. The topological polar surface area (TPSA) is 75.9 Å². The van der Waals surface area contributed by atoms with E-state index in [1.807, 2.05) is 22.9 Å². The maximum absolute atomic E-state index is 13.1. The van der Waals surface area contributed by atoms with Crippen molar-refractivity contribution in [3.05, 3.63) is 63.0 Å². The van der Waals surface area contributed by atoms with Crippen molar-refractivity contribution < 1.29 is 13.2 Å². The lowest BCUT2D eigenvalue weighted by atomic mass is 10.2. The van der Waals surface area contributed by atoms with Crippen LogP contribution in [0.15, 0.2) is 51.2 Å². The van der Waals surface area contributed by atoms with Gasteiger partial charge in [0.1, 0.15) is 10.7 Å². The first kappa shape index (κ1) is 20.2. The number of pyridine rings is 1. The maximum atomic E-state index is 13.1. The molecule has 5 rings (SSSR count). The van der Waals surface area contributed by atoms with Crippen molar-refractivity contribution in [3.63, 3.8) is 0 Å². The molecule has 0 aliphatic rings. The number of thioether (sulfide) groups is 1. The Morgan fingerprint density at radius 3 is 2.77 bits per heavy atom. The first-order chi connectivity index (χ1) is 14.8. The van der Waals surface area contributed by atoms with E-state index in [1.165, 1.54) is 33.6 Å². The average Bonchev–Trinajstić information content (AvgIpc) is 3.46. The van der Waals surface area contributed by atoms with E-state index >= 15 is 0 Å². The van der Waals surface area contributed by atoms with E-state index in [1.54, 1.807) is 18.3 Å². The summed E-state index contributed by atoms with van der Waals surface area (Å²) >= 11 is 4.10. The Balaban J connectivity index is 1.50. The molecule has 0 amide bonds. The molecule has 1 atom stereocenters. The van der Waals surface area contributed by atoms with Gasteiger partial charge >= 0.3 is 6.18 Å². The quantitative estimate of drug-likeness (QED) is 0.338. The van der Waals surface area contributed by atoms with Crippen molar-refractivity contribution in [2.45, 2.75) is 23.5 Å². The van der Waals surface area contributed by atoms with Crippen LogP contribution < -0.4 is 5.56 Å². The molecule has 0 aliphatic carbocycles. The Kier molecular flexibility index (Phi) is 4.87. The smallest absolute Gasteiger partial charge is 0.309 e. The van der Waals surface area contributed by atoms with Crippen LogP contribution in [0.1, 0.15) is 23.6 Å². The molecule has 0 bridgehead atoms. The summed E-state index contributed by atoms with van der Waals surface area (Å²) < 4.78 is 40.5. The number of thiophene rings is 2. The van der Waals surface area contributed by atoms with Gasteiger partial charge in [-0.05, 0) is 30.5 Å². The van der Waals surface area contributed by atoms with E-state index < -0.39 is 11.7 Å². The fourth-order valence-electron chi connectivity index (χ4n) is 3.10. The number of nitrogens with zero attached hydrogens (tertiary/aromatic N) is 4. The second-order valence-electron chi connectivity index (χ2n) is 6.64. The molecule has 0 aliphatic heterocycles. The summed E-state index contributed by atoms with van der Waals surface area (Å²) in [4.78, 5) is 21.8. The van der Waals surface area contributed by atoms with Gasteiger partial charge in [0.2, 0.25) is 0 Å². The largest absolute Gasteiger partial charge is 0.417 e. The van der Waals surface area contributed by atoms with Gasteiger partial charge in [0.05, 0.1) is 16.2 Å². The summed E-state index contributed by atoms with van der Waals surface area (Å²) in [5.74, 6) is 0.422. The predicted molar refractivity (Wildman–Crippen MR) is 116 cm³/mol. The minimum atomic E-state index is -4.47. The molecular weight excluding hydrogens is 467 g/mol. The molecular formula is C19H12F3N5OS3. The number of H-pyrrole nitrogens is 1. The molecule has 158 valence electrons.